The first-order valence-electron chi connectivity index (χ1n) is 9.19. The zero-order chi connectivity index (χ0) is 19.9. The number of carbonyl (C=O) groups excluding carboxylic acids is 1. The minimum atomic E-state index is -0.347. The molecule has 0 bridgehead atoms. The van der Waals surface area contributed by atoms with E-state index in [1.54, 1.807) is 19.1 Å². The highest BCUT2D eigenvalue weighted by Crippen LogP contribution is 2.15. The van der Waals surface area contributed by atoms with Crippen molar-refractivity contribution >= 4 is 5.91 Å². The molecule has 0 aliphatic rings. The number of hydrogen-bond donors (Lipinski definition) is 1. The van der Waals surface area contributed by atoms with Gasteiger partial charge in [-0.2, -0.15) is 0 Å². The number of aryl methyl sites for hydroxylation is 1. The molecule has 1 unspecified atom stereocenters. The van der Waals surface area contributed by atoms with Crippen LogP contribution in [-0.4, -0.2) is 33.8 Å². The molecule has 0 aliphatic carbocycles. The zero-order valence-electron chi connectivity index (χ0n) is 15.9. The minimum absolute atomic E-state index is 0.00706. The van der Waals surface area contributed by atoms with E-state index in [0.29, 0.717) is 31.1 Å². The number of aromatic nitrogens is 3. The SMILES string of the molecule is Cc1nc(C(=O)NCCCOC(C)c2ccccc2)nn1-c1ccc(F)cc1. The molecule has 3 aromatic rings. The van der Waals surface area contributed by atoms with Crippen molar-refractivity contribution in [3.05, 3.63) is 77.6 Å². The van der Waals surface area contributed by atoms with Crippen molar-refractivity contribution in [2.75, 3.05) is 13.2 Å². The highest BCUT2D eigenvalue weighted by atomic mass is 19.1. The van der Waals surface area contributed by atoms with Crippen LogP contribution in [0.3, 0.4) is 0 Å². The molecule has 0 saturated heterocycles. The van der Waals surface area contributed by atoms with Crippen LogP contribution in [0.4, 0.5) is 4.39 Å². The fourth-order valence-corrected chi connectivity index (χ4v) is 2.75. The number of amides is 1. The zero-order valence-corrected chi connectivity index (χ0v) is 15.9. The van der Waals surface area contributed by atoms with Crippen molar-refractivity contribution in [2.45, 2.75) is 26.4 Å². The summed E-state index contributed by atoms with van der Waals surface area (Å²) in [5.74, 6) is -0.0412. The first-order chi connectivity index (χ1) is 13.5. The lowest BCUT2D eigenvalue weighted by molar-refractivity contribution is 0.0634. The summed E-state index contributed by atoms with van der Waals surface area (Å²) in [4.78, 5) is 16.5. The third kappa shape index (κ3) is 5.01. The van der Waals surface area contributed by atoms with Crippen LogP contribution >= 0.6 is 0 Å². The lowest BCUT2D eigenvalue weighted by Crippen LogP contribution is -2.26. The van der Waals surface area contributed by atoms with Gasteiger partial charge in [-0.15, -0.1) is 5.10 Å². The van der Waals surface area contributed by atoms with E-state index in [-0.39, 0.29) is 23.7 Å². The molecule has 1 atom stereocenters. The molecule has 0 radical (unpaired) electrons. The Morgan fingerprint density at radius 3 is 2.61 bits per heavy atom. The van der Waals surface area contributed by atoms with Crippen molar-refractivity contribution < 1.29 is 13.9 Å². The standard InChI is InChI=1S/C21H23FN4O2/c1-15(17-7-4-3-5-8-17)28-14-6-13-23-21(27)20-24-16(2)26(25-20)19-11-9-18(22)10-12-19/h3-5,7-12,15H,6,13-14H2,1-2H3,(H,23,27). The Balaban J connectivity index is 1.46. The number of rotatable bonds is 8. The summed E-state index contributed by atoms with van der Waals surface area (Å²) >= 11 is 0. The van der Waals surface area contributed by atoms with Gasteiger partial charge >= 0.3 is 0 Å². The first kappa shape index (κ1) is 19.7. The lowest BCUT2D eigenvalue weighted by Gasteiger charge is -2.13. The average Bonchev–Trinajstić information content (AvgIpc) is 3.10. The molecular weight excluding hydrogens is 359 g/mol. The molecule has 0 fully saturated rings. The number of hydrogen-bond acceptors (Lipinski definition) is 4. The van der Waals surface area contributed by atoms with E-state index in [1.807, 2.05) is 37.3 Å². The number of ether oxygens (including phenoxy) is 1. The topological polar surface area (TPSA) is 69.0 Å². The van der Waals surface area contributed by atoms with Crippen LogP contribution in [0.1, 0.15) is 41.5 Å². The van der Waals surface area contributed by atoms with E-state index in [0.717, 1.165) is 5.56 Å². The molecule has 1 N–H and O–H groups in total. The summed E-state index contributed by atoms with van der Waals surface area (Å²) in [6.45, 7) is 4.74. The second kappa shape index (κ2) is 9.23. The molecule has 1 aromatic heterocycles. The fourth-order valence-electron chi connectivity index (χ4n) is 2.75. The van der Waals surface area contributed by atoms with E-state index >= 15 is 0 Å². The second-order valence-electron chi connectivity index (χ2n) is 6.40. The van der Waals surface area contributed by atoms with Gasteiger partial charge in [0.05, 0.1) is 11.8 Å². The van der Waals surface area contributed by atoms with Crippen LogP contribution in [-0.2, 0) is 4.74 Å². The van der Waals surface area contributed by atoms with Crippen molar-refractivity contribution in [3.8, 4) is 5.69 Å². The summed E-state index contributed by atoms with van der Waals surface area (Å²) in [6, 6.07) is 15.8. The number of nitrogens with one attached hydrogen (secondary N) is 1. The number of nitrogens with zero attached hydrogens (tertiary/aromatic N) is 3. The maximum Gasteiger partial charge on any atom is 0.290 e. The molecule has 0 saturated carbocycles. The van der Waals surface area contributed by atoms with Crippen LogP contribution in [0.5, 0.6) is 0 Å². The van der Waals surface area contributed by atoms with E-state index in [2.05, 4.69) is 15.4 Å². The van der Waals surface area contributed by atoms with Gasteiger partial charge in [0.2, 0.25) is 5.82 Å². The molecule has 146 valence electrons. The second-order valence-corrected chi connectivity index (χ2v) is 6.40. The van der Waals surface area contributed by atoms with E-state index in [4.69, 9.17) is 4.74 Å². The van der Waals surface area contributed by atoms with Gasteiger partial charge in [-0.1, -0.05) is 30.3 Å². The van der Waals surface area contributed by atoms with Crippen molar-refractivity contribution in [3.63, 3.8) is 0 Å². The van der Waals surface area contributed by atoms with Gasteiger partial charge in [-0.25, -0.2) is 14.1 Å². The number of benzene rings is 2. The van der Waals surface area contributed by atoms with E-state index < -0.39 is 0 Å². The Labute approximate surface area is 163 Å². The third-order valence-corrected chi connectivity index (χ3v) is 4.29. The number of halogens is 1. The van der Waals surface area contributed by atoms with Gasteiger partial charge < -0.3 is 10.1 Å². The Kier molecular flexibility index (Phi) is 6.49. The van der Waals surface area contributed by atoms with Gasteiger partial charge in [0, 0.05) is 13.2 Å². The molecule has 3 rings (SSSR count). The van der Waals surface area contributed by atoms with E-state index in [9.17, 15) is 9.18 Å². The maximum absolute atomic E-state index is 13.1. The molecule has 1 amide bonds. The van der Waals surface area contributed by atoms with Crippen molar-refractivity contribution in [1.29, 1.82) is 0 Å². The molecule has 0 aliphatic heterocycles. The number of carbonyl (C=O) groups is 1. The summed E-state index contributed by atoms with van der Waals surface area (Å²) < 4.78 is 20.4. The highest BCUT2D eigenvalue weighted by molar-refractivity contribution is 5.90. The third-order valence-electron chi connectivity index (χ3n) is 4.29. The molecule has 6 nitrogen and oxygen atoms in total. The highest BCUT2D eigenvalue weighted by Gasteiger charge is 2.15. The van der Waals surface area contributed by atoms with Gasteiger partial charge in [-0.05, 0) is 50.1 Å². The predicted molar refractivity (Wildman–Crippen MR) is 104 cm³/mol. The molecule has 28 heavy (non-hydrogen) atoms. The van der Waals surface area contributed by atoms with Crippen LogP contribution < -0.4 is 5.32 Å². The van der Waals surface area contributed by atoms with Crippen LogP contribution in [0.25, 0.3) is 5.69 Å². The van der Waals surface area contributed by atoms with Crippen LogP contribution in [0, 0.1) is 12.7 Å². The fraction of sp³-hybridized carbons (Fsp3) is 0.286. The van der Waals surface area contributed by atoms with Gasteiger partial charge in [-0.3, -0.25) is 4.79 Å². The summed E-state index contributed by atoms with van der Waals surface area (Å²) in [5, 5.41) is 7.01. The minimum Gasteiger partial charge on any atom is -0.374 e. The summed E-state index contributed by atoms with van der Waals surface area (Å²) in [5.41, 5.74) is 1.77. The lowest BCUT2D eigenvalue weighted by atomic mass is 10.1. The average molecular weight is 382 g/mol. The summed E-state index contributed by atoms with van der Waals surface area (Å²) in [7, 11) is 0. The molecule has 7 heteroatoms. The first-order valence-corrected chi connectivity index (χ1v) is 9.19. The Bertz CT molecular complexity index is 910. The maximum atomic E-state index is 13.1. The quantitative estimate of drug-likeness (QED) is 0.604. The van der Waals surface area contributed by atoms with Crippen molar-refractivity contribution in [1.82, 2.24) is 20.1 Å². The van der Waals surface area contributed by atoms with Crippen LogP contribution in [0.2, 0.25) is 0 Å². The Morgan fingerprint density at radius 2 is 1.89 bits per heavy atom. The van der Waals surface area contributed by atoms with Gasteiger partial charge in [0.25, 0.3) is 5.91 Å². The van der Waals surface area contributed by atoms with Gasteiger partial charge in [0.15, 0.2) is 0 Å². The Morgan fingerprint density at radius 1 is 1.18 bits per heavy atom. The predicted octanol–water partition coefficient (Wildman–Crippen LogP) is 3.61. The van der Waals surface area contributed by atoms with E-state index in [1.165, 1.54) is 16.8 Å². The molecule has 0 spiro atoms. The van der Waals surface area contributed by atoms with Crippen LogP contribution in [0.15, 0.2) is 54.6 Å². The van der Waals surface area contributed by atoms with Gasteiger partial charge in [0.1, 0.15) is 11.6 Å². The summed E-state index contributed by atoms with van der Waals surface area (Å²) in [6.07, 6.45) is 0.688. The normalized spacial score (nSPS) is 12.0. The monoisotopic (exact) mass is 382 g/mol. The largest absolute Gasteiger partial charge is 0.374 e. The molecule has 1 heterocycles. The molecule has 2 aromatic carbocycles. The smallest absolute Gasteiger partial charge is 0.290 e. The van der Waals surface area contributed by atoms with Crippen molar-refractivity contribution in [2.24, 2.45) is 0 Å². The Hall–Kier alpha value is -3.06. The molecular formula is C21H23FN4O2.